The first-order valence-corrected chi connectivity index (χ1v) is 8.83. The van der Waals surface area contributed by atoms with Crippen molar-refractivity contribution in [3.8, 4) is 0 Å². The number of benzene rings is 2. The van der Waals surface area contributed by atoms with Crippen LogP contribution in [0.5, 0.6) is 0 Å². The predicted octanol–water partition coefficient (Wildman–Crippen LogP) is 4.78. The van der Waals surface area contributed by atoms with E-state index in [4.69, 9.17) is 0 Å². The third kappa shape index (κ3) is 5.12. The topological polar surface area (TPSA) is 49.4 Å². The lowest BCUT2D eigenvalue weighted by Crippen LogP contribution is -2.33. The Morgan fingerprint density at radius 3 is 2.41 bits per heavy atom. The Morgan fingerprint density at radius 2 is 1.81 bits per heavy atom. The minimum absolute atomic E-state index is 0.0322. The van der Waals surface area contributed by atoms with Gasteiger partial charge in [-0.25, -0.2) is 8.78 Å². The highest BCUT2D eigenvalue weighted by Crippen LogP contribution is 2.31. The lowest BCUT2D eigenvalue weighted by Gasteiger charge is -2.27. The number of nitrogens with one attached hydrogen (secondary N) is 1. The molecule has 27 heavy (non-hydrogen) atoms. The molecule has 0 atom stereocenters. The maximum Gasteiger partial charge on any atom is 0.226 e. The monoisotopic (exact) mass is 374 g/mol. The van der Waals surface area contributed by atoms with Gasteiger partial charge in [0.05, 0.1) is 0 Å². The zero-order valence-corrected chi connectivity index (χ0v) is 16.0. The Hall–Kier alpha value is -2.76. The summed E-state index contributed by atoms with van der Waals surface area (Å²) in [5.41, 5.74) is 2.98. The number of hydrogen-bond donors (Lipinski definition) is 1. The molecule has 0 unspecified atom stereocenters. The summed E-state index contributed by atoms with van der Waals surface area (Å²) in [6.45, 7) is 7.68. The first-order chi connectivity index (χ1) is 12.7. The number of nitrogens with zero attached hydrogens (tertiary/aromatic N) is 1. The molecule has 0 heterocycles. The normalized spacial score (nSPS) is 10.8. The van der Waals surface area contributed by atoms with E-state index in [-0.39, 0.29) is 36.4 Å². The van der Waals surface area contributed by atoms with Crippen LogP contribution in [0, 0.1) is 18.6 Å². The quantitative estimate of drug-likeness (QED) is 0.791. The number of hydrogen-bond acceptors (Lipinski definition) is 2. The molecule has 2 rings (SSSR count). The Kier molecular flexibility index (Phi) is 6.66. The van der Waals surface area contributed by atoms with Gasteiger partial charge in [0, 0.05) is 37.3 Å². The van der Waals surface area contributed by atoms with Crippen molar-refractivity contribution >= 4 is 23.2 Å². The molecule has 0 saturated heterocycles. The molecule has 0 aliphatic carbocycles. The van der Waals surface area contributed by atoms with Crippen LogP contribution < -0.4 is 10.2 Å². The lowest BCUT2D eigenvalue weighted by molar-refractivity contribution is -0.117. The van der Waals surface area contributed by atoms with Gasteiger partial charge in [-0.15, -0.1) is 0 Å². The van der Waals surface area contributed by atoms with E-state index < -0.39 is 11.6 Å². The number of anilines is 2. The number of carbonyl (C=O) groups excluding carboxylic acids is 2. The number of rotatable bonds is 6. The van der Waals surface area contributed by atoms with Crippen LogP contribution in [0.4, 0.5) is 20.2 Å². The smallest absolute Gasteiger partial charge is 0.226 e. The Balaban J connectivity index is 2.15. The summed E-state index contributed by atoms with van der Waals surface area (Å²) >= 11 is 0. The summed E-state index contributed by atoms with van der Waals surface area (Å²) in [5.74, 6) is -2.33. The summed E-state index contributed by atoms with van der Waals surface area (Å²) < 4.78 is 26.2. The second-order valence-corrected chi connectivity index (χ2v) is 6.77. The van der Waals surface area contributed by atoms with Crippen molar-refractivity contribution in [2.45, 2.75) is 40.0 Å². The predicted molar refractivity (Wildman–Crippen MR) is 103 cm³/mol. The maximum atomic E-state index is 13.3. The second kappa shape index (κ2) is 8.75. The molecule has 4 nitrogen and oxygen atoms in total. The largest absolute Gasteiger partial charge is 0.326 e. The molecule has 0 radical (unpaired) electrons. The van der Waals surface area contributed by atoms with Crippen LogP contribution in [0.3, 0.4) is 0 Å². The molecule has 2 amide bonds. The zero-order chi connectivity index (χ0) is 20.1. The molecular weight excluding hydrogens is 350 g/mol. The number of amides is 2. The van der Waals surface area contributed by atoms with Crippen LogP contribution in [0.15, 0.2) is 36.4 Å². The molecular formula is C21H24F2N2O2. The van der Waals surface area contributed by atoms with Gasteiger partial charge in [-0.2, -0.15) is 0 Å². The lowest BCUT2D eigenvalue weighted by atomic mass is 9.97. The van der Waals surface area contributed by atoms with Crippen LogP contribution in [-0.4, -0.2) is 18.4 Å². The van der Waals surface area contributed by atoms with E-state index in [1.165, 1.54) is 13.0 Å². The Bertz CT molecular complexity index is 850. The number of para-hydroxylation sites is 1. The first kappa shape index (κ1) is 20.6. The fourth-order valence-electron chi connectivity index (χ4n) is 2.95. The van der Waals surface area contributed by atoms with E-state index >= 15 is 0 Å². The molecule has 6 heteroatoms. The third-order valence-electron chi connectivity index (χ3n) is 4.31. The molecule has 2 aromatic rings. The second-order valence-electron chi connectivity index (χ2n) is 6.77. The fourth-order valence-corrected chi connectivity index (χ4v) is 2.95. The van der Waals surface area contributed by atoms with Gasteiger partial charge in [0.1, 0.15) is 0 Å². The van der Waals surface area contributed by atoms with Crippen molar-refractivity contribution in [3.63, 3.8) is 0 Å². The fraction of sp³-hybridized carbons (Fsp3) is 0.333. The summed E-state index contributed by atoms with van der Waals surface area (Å²) in [6, 6.07) is 9.02. The summed E-state index contributed by atoms with van der Waals surface area (Å²) in [4.78, 5) is 26.0. The van der Waals surface area contributed by atoms with Gasteiger partial charge >= 0.3 is 0 Å². The van der Waals surface area contributed by atoms with Gasteiger partial charge < -0.3 is 10.2 Å². The van der Waals surface area contributed by atoms with Gasteiger partial charge in [0.15, 0.2) is 11.6 Å². The van der Waals surface area contributed by atoms with Crippen LogP contribution in [-0.2, 0) is 9.59 Å². The molecule has 2 aromatic carbocycles. The molecule has 0 fully saturated rings. The van der Waals surface area contributed by atoms with E-state index in [0.29, 0.717) is 0 Å². The molecule has 0 aliphatic rings. The van der Waals surface area contributed by atoms with Crippen LogP contribution in [0.2, 0.25) is 0 Å². The van der Waals surface area contributed by atoms with Crippen molar-refractivity contribution in [2.24, 2.45) is 0 Å². The van der Waals surface area contributed by atoms with Crippen molar-refractivity contribution in [2.75, 3.05) is 16.8 Å². The number of carbonyl (C=O) groups is 2. The first-order valence-electron chi connectivity index (χ1n) is 8.83. The SMILES string of the molecule is CC(=O)N(CCC(=O)Nc1ccc(F)c(F)c1)c1c(C)cccc1C(C)C. The van der Waals surface area contributed by atoms with E-state index in [1.807, 2.05) is 39.0 Å². The van der Waals surface area contributed by atoms with Gasteiger partial charge in [0.2, 0.25) is 11.8 Å². The van der Waals surface area contributed by atoms with Gasteiger partial charge in [-0.05, 0) is 36.1 Å². The molecule has 1 N–H and O–H groups in total. The minimum Gasteiger partial charge on any atom is -0.326 e. The molecule has 0 saturated carbocycles. The number of halogens is 2. The van der Waals surface area contributed by atoms with Crippen LogP contribution >= 0.6 is 0 Å². The summed E-state index contributed by atoms with van der Waals surface area (Å²) in [7, 11) is 0. The van der Waals surface area contributed by atoms with E-state index in [1.54, 1.807) is 4.90 Å². The van der Waals surface area contributed by atoms with Gasteiger partial charge in [0.25, 0.3) is 0 Å². The number of aryl methyl sites for hydroxylation is 1. The Labute approximate surface area is 158 Å². The third-order valence-corrected chi connectivity index (χ3v) is 4.31. The van der Waals surface area contributed by atoms with Crippen molar-refractivity contribution < 1.29 is 18.4 Å². The van der Waals surface area contributed by atoms with Gasteiger partial charge in [-0.1, -0.05) is 32.0 Å². The highest BCUT2D eigenvalue weighted by atomic mass is 19.2. The molecule has 0 aliphatic heterocycles. The highest BCUT2D eigenvalue weighted by Gasteiger charge is 2.20. The minimum atomic E-state index is -1.03. The van der Waals surface area contributed by atoms with Gasteiger partial charge in [-0.3, -0.25) is 9.59 Å². The zero-order valence-electron chi connectivity index (χ0n) is 16.0. The highest BCUT2D eigenvalue weighted by molar-refractivity contribution is 5.96. The van der Waals surface area contributed by atoms with Crippen molar-refractivity contribution in [3.05, 3.63) is 59.2 Å². The average Bonchev–Trinajstić information content (AvgIpc) is 2.59. The summed E-state index contributed by atoms with van der Waals surface area (Å²) in [5, 5.41) is 2.52. The van der Waals surface area contributed by atoms with Crippen LogP contribution in [0.1, 0.15) is 44.2 Å². The average molecular weight is 374 g/mol. The summed E-state index contributed by atoms with van der Waals surface area (Å²) in [6.07, 6.45) is 0.0322. The van der Waals surface area contributed by atoms with E-state index in [0.717, 1.165) is 28.9 Å². The maximum absolute atomic E-state index is 13.3. The van der Waals surface area contributed by atoms with E-state index in [2.05, 4.69) is 5.32 Å². The van der Waals surface area contributed by atoms with E-state index in [9.17, 15) is 18.4 Å². The standard InChI is InChI=1S/C21H24F2N2O2/c1-13(2)17-7-5-6-14(3)21(17)25(15(4)26)11-10-20(27)24-16-8-9-18(22)19(23)12-16/h5-9,12-13H,10-11H2,1-4H3,(H,24,27). The molecule has 0 bridgehead atoms. The Morgan fingerprint density at radius 1 is 1.11 bits per heavy atom. The van der Waals surface area contributed by atoms with Crippen LogP contribution in [0.25, 0.3) is 0 Å². The molecule has 0 aromatic heterocycles. The van der Waals surface area contributed by atoms with Crippen molar-refractivity contribution in [1.29, 1.82) is 0 Å². The molecule has 144 valence electrons. The molecule has 0 spiro atoms. The van der Waals surface area contributed by atoms with Crippen molar-refractivity contribution in [1.82, 2.24) is 0 Å².